The van der Waals surface area contributed by atoms with Gasteiger partial charge in [-0.1, -0.05) is 6.07 Å². The molecular formula is C15H16F3N3OS. The summed E-state index contributed by atoms with van der Waals surface area (Å²) < 4.78 is 39.6. The summed E-state index contributed by atoms with van der Waals surface area (Å²) in [5.74, 6) is -0.263. The zero-order chi connectivity index (χ0) is 17.2. The van der Waals surface area contributed by atoms with Crippen LogP contribution in [0.2, 0.25) is 0 Å². The van der Waals surface area contributed by atoms with E-state index in [-0.39, 0.29) is 11.7 Å². The number of aromatic nitrogens is 2. The van der Waals surface area contributed by atoms with Crippen molar-refractivity contribution in [2.24, 2.45) is 7.05 Å². The Balaban J connectivity index is 2.00. The lowest BCUT2D eigenvalue weighted by Crippen LogP contribution is -2.15. The summed E-state index contributed by atoms with van der Waals surface area (Å²) in [5.41, 5.74) is 1.44. The van der Waals surface area contributed by atoms with Crippen LogP contribution in [0, 0.1) is 13.8 Å². The predicted octanol–water partition coefficient (Wildman–Crippen LogP) is 3.79. The van der Waals surface area contributed by atoms with E-state index in [0.29, 0.717) is 16.3 Å². The van der Waals surface area contributed by atoms with Crippen LogP contribution in [0.4, 0.5) is 18.9 Å². The van der Waals surface area contributed by atoms with E-state index in [1.54, 1.807) is 24.7 Å². The molecule has 0 radical (unpaired) electrons. The standard InChI is InChI=1S/C15H16F3N3OS/c1-9-14(10(2)21(3)20-9)19-13(22)8-23-12-6-4-5-11(7-12)15(16,17)18/h4-7H,8H2,1-3H3,(H,19,22). The van der Waals surface area contributed by atoms with Gasteiger partial charge in [-0.15, -0.1) is 11.8 Å². The fourth-order valence-electron chi connectivity index (χ4n) is 2.04. The number of hydrogen-bond donors (Lipinski definition) is 1. The minimum absolute atomic E-state index is 0.0229. The van der Waals surface area contributed by atoms with Crippen molar-refractivity contribution in [1.29, 1.82) is 0 Å². The Morgan fingerprint density at radius 2 is 2.04 bits per heavy atom. The number of anilines is 1. The minimum Gasteiger partial charge on any atom is -0.322 e. The molecule has 0 saturated heterocycles. The van der Waals surface area contributed by atoms with Crippen molar-refractivity contribution in [2.45, 2.75) is 24.9 Å². The number of aryl methyl sites for hydroxylation is 2. The van der Waals surface area contributed by atoms with Crippen LogP contribution >= 0.6 is 11.8 Å². The molecule has 0 spiro atoms. The van der Waals surface area contributed by atoms with Gasteiger partial charge < -0.3 is 5.32 Å². The fourth-order valence-corrected chi connectivity index (χ4v) is 2.80. The maximum absolute atomic E-state index is 12.6. The van der Waals surface area contributed by atoms with E-state index in [1.807, 2.05) is 6.92 Å². The van der Waals surface area contributed by atoms with Crippen molar-refractivity contribution in [3.63, 3.8) is 0 Å². The first-order valence-corrected chi connectivity index (χ1v) is 7.77. The van der Waals surface area contributed by atoms with E-state index >= 15 is 0 Å². The maximum Gasteiger partial charge on any atom is 0.416 e. The number of amides is 1. The summed E-state index contributed by atoms with van der Waals surface area (Å²) in [4.78, 5) is 12.4. The Hall–Kier alpha value is -1.96. The number of alkyl halides is 3. The monoisotopic (exact) mass is 343 g/mol. The second kappa shape index (κ2) is 6.66. The van der Waals surface area contributed by atoms with Crippen molar-refractivity contribution < 1.29 is 18.0 Å². The highest BCUT2D eigenvalue weighted by molar-refractivity contribution is 8.00. The van der Waals surface area contributed by atoms with E-state index < -0.39 is 11.7 Å². The molecule has 2 rings (SSSR count). The van der Waals surface area contributed by atoms with Gasteiger partial charge >= 0.3 is 6.18 Å². The summed E-state index contributed by atoms with van der Waals surface area (Å²) >= 11 is 1.06. The average molecular weight is 343 g/mol. The number of thioether (sulfide) groups is 1. The van der Waals surface area contributed by atoms with Crippen molar-refractivity contribution in [2.75, 3.05) is 11.1 Å². The predicted molar refractivity (Wildman–Crippen MR) is 83.5 cm³/mol. The smallest absolute Gasteiger partial charge is 0.322 e. The molecule has 1 aromatic carbocycles. The number of nitrogens with one attached hydrogen (secondary N) is 1. The molecular weight excluding hydrogens is 327 g/mol. The molecule has 0 saturated carbocycles. The molecule has 1 heterocycles. The van der Waals surface area contributed by atoms with Gasteiger partial charge in [0.05, 0.1) is 28.4 Å². The SMILES string of the molecule is Cc1nn(C)c(C)c1NC(=O)CSc1cccc(C(F)(F)F)c1. The van der Waals surface area contributed by atoms with Gasteiger partial charge in [-0.25, -0.2) is 0 Å². The normalized spacial score (nSPS) is 11.6. The van der Waals surface area contributed by atoms with Crippen LogP contribution in [0.5, 0.6) is 0 Å². The number of benzene rings is 1. The summed E-state index contributed by atoms with van der Waals surface area (Å²) in [6, 6.07) is 4.93. The van der Waals surface area contributed by atoms with Crippen LogP contribution in [-0.2, 0) is 18.0 Å². The molecule has 1 amide bonds. The Bertz CT molecular complexity index is 725. The second-order valence-electron chi connectivity index (χ2n) is 5.03. The minimum atomic E-state index is -4.39. The fraction of sp³-hybridized carbons (Fsp3) is 0.333. The summed E-state index contributed by atoms with van der Waals surface area (Å²) in [7, 11) is 1.77. The van der Waals surface area contributed by atoms with Gasteiger partial charge in [0.15, 0.2) is 0 Å². The maximum atomic E-state index is 12.6. The van der Waals surface area contributed by atoms with E-state index in [0.717, 1.165) is 29.6 Å². The summed E-state index contributed by atoms with van der Waals surface area (Å²) in [6.07, 6.45) is -4.39. The van der Waals surface area contributed by atoms with Crippen LogP contribution in [0.15, 0.2) is 29.2 Å². The Labute approximate surface area is 136 Å². The van der Waals surface area contributed by atoms with Gasteiger partial charge in [0.2, 0.25) is 5.91 Å². The van der Waals surface area contributed by atoms with Gasteiger partial charge in [-0.05, 0) is 32.0 Å². The van der Waals surface area contributed by atoms with E-state index in [4.69, 9.17) is 0 Å². The highest BCUT2D eigenvalue weighted by atomic mass is 32.2. The second-order valence-corrected chi connectivity index (χ2v) is 6.08. The van der Waals surface area contributed by atoms with Gasteiger partial charge in [0, 0.05) is 11.9 Å². The molecule has 0 fully saturated rings. The molecule has 0 aliphatic heterocycles. The number of carbonyl (C=O) groups excluding carboxylic acids is 1. The van der Waals surface area contributed by atoms with Crippen LogP contribution in [0.1, 0.15) is 17.0 Å². The Kier molecular flexibility index (Phi) is 5.03. The first-order valence-electron chi connectivity index (χ1n) is 6.78. The van der Waals surface area contributed by atoms with Gasteiger partial charge in [-0.3, -0.25) is 9.48 Å². The van der Waals surface area contributed by atoms with Crippen LogP contribution in [-0.4, -0.2) is 21.4 Å². The molecule has 0 atom stereocenters. The highest BCUT2D eigenvalue weighted by Gasteiger charge is 2.30. The molecule has 124 valence electrons. The first-order chi connectivity index (χ1) is 10.7. The van der Waals surface area contributed by atoms with E-state index in [2.05, 4.69) is 10.4 Å². The van der Waals surface area contributed by atoms with Crippen LogP contribution < -0.4 is 5.32 Å². The summed E-state index contributed by atoms with van der Waals surface area (Å²) in [5, 5.41) is 6.94. The van der Waals surface area contributed by atoms with E-state index in [9.17, 15) is 18.0 Å². The van der Waals surface area contributed by atoms with Crippen molar-refractivity contribution in [3.8, 4) is 0 Å². The molecule has 0 aliphatic rings. The third-order valence-corrected chi connectivity index (χ3v) is 4.30. The molecule has 1 N–H and O–H groups in total. The Morgan fingerprint density at radius 1 is 1.35 bits per heavy atom. The van der Waals surface area contributed by atoms with Crippen LogP contribution in [0.3, 0.4) is 0 Å². The third kappa shape index (κ3) is 4.28. The van der Waals surface area contributed by atoms with E-state index in [1.165, 1.54) is 6.07 Å². The van der Waals surface area contributed by atoms with Gasteiger partial charge in [0.1, 0.15) is 0 Å². The summed E-state index contributed by atoms with van der Waals surface area (Å²) in [6.45, 7) is 3.61. The molecule has 0 aliphatic carbocycles. The topological polar surface area (TPSA) is 46.9 Å². The largest absolute Gasteiger partial charge is 0.416 e. The molecule has 0 bridgehead atoms. The highest BCUT2D eigenvalue weighted by Crippen LogP contribution is 2.32. The first kappa shape index (κ1) is 17.4. The lowest BCUT2D eigenvalue weighted by atomic mass is 10.2. The van der Waals surface area contributed by atoms with Crippen molar-refractivity contribution in [1.82, 2.24) is 9.78 Å². The molecule has 4 nitrogen and oxygen atoms in total. The third-order valence-electron chi connectivity index (χ3n) is 3.30. The van der Waals surface area contributed by atoms with Crippen molar-refractivity contribution in [3.05, 3.63) is 41.2 Å². The molecule has 0 unspecified atom stereocenters. The lowest BCUT2D eigenvalue weighted by Gasteiger charge is -2.09. The quantitative estimate of drug-likeness (QED) is 0.859. The molecule has 2 aromatic rings. The number of nitrogens with zero attached hydrogens (tertiary/aromatic N) is 2. The van der Waals surface area contributed by atoms with Crippen LogP contribution in [0.25, 0.3) is 0 Å². The number of hydrogen-bond acceptors (Lipinski definition) is 3. The average Bonchev–Trinajstić information content (AvgIpc) is 2.71. The molecule has 8 heteroatoms. The Morgan fingerprint density at radius 3 is 2.61 bits per heavy atom. The van der Waals surface area contributed by atoms with Crippen molar-refractivity contribution >= 4 is 23.4 Å². The van der Waals surface area contributed by atoms with Gasteiger partial charge in [0.25, 0.3) is 0 Å². The zero-order valence-electron chi connectivity index (χ0n) is 12.9. The number of halogens is 3. The van der Waals surface area contributed by atoms with Gasteiger partial charge in [-0.2, -0.15) is 18.3 Å². The zero-order valence-corrected chi connectivity index (χ0v) is 13.7. The number of rotatable bonds is 4. The number of carbonyl (C=O) groups is 1. The molecule has 1 aromatic heterocycles. The molecule has 23 heavy (non-hydrogen) atoms. The lowest BCUT2D eigenvalue weighted by molar-refractivity contribution is -0.137.